The molecule has 2 N–H and O–H groups in total. The number of nitrogens with one attached hydrogen (secondary N) is 1. The summed E-state index contributed by atoms with van der Waals surface area (Å²) in [6, 6.07) is 7.78. The predicted octanol–water partition coefficient (Wildman–Crippen LogP) is 2.39. The van der Waals surface area contributed by atoms with Gasteiger partial charge in [0, 0.05) is 12.6 Å². The van der Waals surface area contributed by atoms with E-state index in [4.69, 9.17) is 5.11 Å². The first-order valence-electron chi connectivity index (χ1n) is 5.95. The highest BCUT2D eigenvalue weighted by molar-refractivity contribution is 5.99. The fourth-order valence-electron chi connectivity index (χ4n) is 2.04. The molecule has 0 amide bonds. The molecule has 0 radical (unpaired) electrons. The number of hydrogen-bond acceptors (Lipinski definition) is 3. The highest BCUT2D eigenvalue weighted by atomic mass is 19.1. The second-order valence-corrected chi connectivity index (χ2v) is 4.31. The van der Waals surface area contributed by atoms with Gasteiger partial charge >= 0.3 is 5.97 Å². The number of aromatic carboxylic acids is 1. The Kier molecular flexibility index (Phi) is 2.90. The topological polar surface area (TPSA) is 78.9 Å². The van der Waals surface area contributed by atoms with Gasteiger partial charge in [-0.2, -0.15) is 0 Å². The zero-order valence-corrected chi connectivity index (χ0v) is 10.3. The van der Waals surface area contributed by atoms with Gasteiger partial charge in [0.2, 0.25) is 0 Å². The first kappa shape index (κ1) is 12.3. The molecule has 0 aliphatic rings. The van der Waals surface area contributed by atoms with Crippen LogP contribution < -0.4 is 0 Å². The molecule has 0 fully saturated rings. The summed E-state index contributed by atoms with van der Waals surface area (Å²) >= 11 is 0. The van der Waals surface area contributed by atoms with Crippen molar-refractivity contribution in [1.82, 2.24) is 15.0 Å². The third kappa shape index (κ3) is 2.11. The molecule has 0 unspecified atom stereocenters. The van der Waals surface area contributed by atoms with Crippen molar-refractivity contribution >= 4 is 17.1 Å². The first-order valence-corrected chi connectivity index (χ1v) is 5.95. The van der Waals surface area contributed by atoms with Gasteiger partial charge in [0.1, 0.15) is 11.6 Å². The van der Waals surface area contributed by atoms with Crippen molar-refractivity contribution < 1.29 is 14.3 Å². The van der Waals surface area contributed by atoms with Gasteiger partial charge in [-0.3, -0.25) is 0 Å². The van der Waals surface area contributed by atoms with E-state index >= 15 is 0 Å². The molecule has 0 bridgehead atoms. The lowest BCUT2D eigenvalue weighted by atomic mass is 10.1. The number of benzene rings is 1. The van der Waals surface area contributed by atoms with Crippen molar-refractivity contribution in [3.05, 3.63) is 59.3 Å². The molecule has 0 spiro atoms. The van der Waals surface area contributed by atoms with E-state index in [2.05, 4.69) is 15.0 Å². The number of imidazole rings is 1. The molecule has 100 valence electrons. The van der Waals surface area contributed by atoms with Crippen LogP contribution in [0.25, 0.3) is 11.2 Å². The number of carboxylic acid groups (broad SMARTS) is 1. The van der Waals surface area contributed by atoms with E-state index < -0.39 is 5.97 Å². The largest absolute Gasteiger partial charge is 0.478 e. The van der Waals surface area contributed by atoms with Gasteiger partial charge in [-0.15, -0.1) is 0 Å². The minimum absolute atomic E-state index is 0.0993. The number of hydrogen-bond donors (Lipinski definition) is 2. The number of carbonyl (C=O) groups is 1. The second kappa shape index (κ2) is 4.73. The monoisotopic (exact) mass is 271 g/mol. The molecule has 6 heteroatoms. The van der Waals surface area contributed by atoms with Gasteiger partial charge in [-0.05, 0) is 17.7 Å². The predicted molar refractivity (Wildman–Crippen MR) is 70.1 cm³/mol. The minimum atomic E-state index is -1.06. The molecule has 0 aliphatic heterocycles. The van der Waals surface area contributed by atoms with E-state index in [9.17, 15) is 9.18 Å². The zero-order valence-electron chi connectivity index (χ0n) is 10.3. The fraction of sp³-hybridized carbons (Fsp3) is 0.0714. The van der Waals surface area contributed by atoms with Crippen molar-refractivity contribution in [2.45, 2.75) is 6.42 Å². The maximum atomic E-state index is 13.6. The fourth-order valence-corrected chi connectivity index (χ4v) is 2.04. The number of nitrogens with zero attached hydrogens (tertiary/aromatic N) is 2. The number of carboxylic acids is 1. The van der Waals surface area contributed by atoms with Crippen molar-refractivity contribution in [1.29, 1.82) is 0 Å². The Morgan fingerprint density at radius 1 is 1.30 bits per heavy atom. The average molecular weight is 271 g/mol. The van der Waals surface area contributed by atoms with Crippen LogP contribution in [0.2, 0.25) is 0 Å². The summed E-state index contributed by atoms with van der Waals surface area (Å²) in [5.74, 6) is -0.899. The number of aromatic nitrogens is 3. The quantitative estimate of drug-likeness (QED) is 0.766. The number of fused-ring (bicyclic) bond motifs is 1. The summed E-state index contributed by atoms with van der Waals surface area (Å²) in [6.45, 7) is 0. The highest BCUT2D eigenvalue weighted by Gasteiger charge is 2.14. The number of H-pyrrole nitrogens is 1. The average Bonchev–Trinajstić information content (AvgIpc) is 2.83. The van der Waals surface area contributed by atoms with Crippen LogP contribution in [0.1, 0.15) is 21.7 Å². The SMILES string of the molecule is O=C(O)c1ccnc2nc(Cc3ccccc3F)[nH]c12. The Bertz CT molecular complexity index is 798. The van der Waals surface area contributed by atoms with E-state index in [0.717, 1.165) is 0 Å². The van der Waals surface area contributed by atoms with E-state index in [0.29, 0.717) is 22.6 Å². The number of aromatic amines is 1. The summed E-state index contributed by atoms with van der Waals surface area (Å²) in [5, 5.41) is 9.09. The van der Waals surface area contributed by atoms with Gasteiger partial charge < -0.3 is 10.1 Å². The third-order valence-corrected chi connectivity index (χ3v) is 2.99. The number of pyridine rings is 1. The van der Waals surface area contributed by atoms with Gasteiger partial charge in [0.05, 0.1) is 11.1 Å². The Labute approximate surface area is 113 Å². The van der Waals surface area contributed by atoms with Crippen LogP contribution in [0, 0.1) is 5.82 Å². The maximum absolute atomic E-state index is 13.6. The molecule has 5 nitrogen and oxygen atoms in total. The van der Waals surface area contributed by atoms with Crippen molar-refractivity contribution in [2.24, 2.45) is 0 Å². The van der Waals surface area contributed by atoms with Crippen molar-refractivity contribution in [3.63, 3.8) is 0 Å². The normalized spacial score (nSPS) is 10.8. The first-order chi connectivity index (χ1) is 9.65. The highest BCUT2D eigenvalue weighted by Crippen LogP contribution is 2.17. The molecule has 0 saturated heterocycles. The van der Waals surface area contributed by atoms with Gasteiger partial charge in [-0.1, -0.05) is 18.2 Å². The number of halogens is 1. The maximum Gasteiger partial charge on any atom is 0.338 e. The summed E-state index contributed by atoms with van der Waals surface area (Å²) in [6.07, 6.45) is 1.64. The third-order valence-electron chi connectivity index (χ3n) is 2.99. The molecule has 2 heterocycles. The van der Waals surface area contributed by atoms with Gasteiger partial charge in [-0.25, -0.2) is 19.2 Å². The van der Waals surface area contributed by atoms with Gasteiger partial charge in [0.25, 0.3) is 0 Å². The van der Waals surface area contributed by atoms with E-state index in [1.54, 1.807) is 18.2 Å². The van der Waals surface area contributed by atoms with Crippen molar-refractivity contribution in [3.8, 4) is 0 Å². The van der Waals surface area contributed by atoms with Crippen molar-refractivity contribution in [2.75, 3.05) is 0 Å². The van der Waals surface area contributed by atoms with Crippen LogP contribution in [0.3, 0.4) is 0 Å². The Hall–Kier alpha value is -2.76. The van der Waals surface area contributed by atoms with Crippen LogP contribution >= 0.6 is 0 Å². The molecule has 0 aliphatic carbocycles. The molecular formula is C14H10FN3O2. The lowest BCUT2D eigenvalue weighted by molar-refractivity contribution is 0.0698. The van der Waals surface area contributed by atoms with Crippen LogP contribution in [-0.4, -0.2) is 26.0 Å². The molecule has 2 aromatic heterocycles. The summed E-state index contributed by atoms with van der Waals surface area (Å²) < 4.78 is 13.6. The summed E-state index contributed by atoms with van der Waals surface area (Å²) in [4.78, 5) is 22.2. The zero-order chi connectivity index (χ0) is 14.1. The van der Waals surface area contributed by atoms with E-state index in [1.165, 1.54) is 18.3 Å². The molecule has 20 heavy (non-hydrogen) atoms. The minimum Gasteiger partial charge on any atom is -0.478 e. The summed E-state index contributed by atoms with van der Waals surface area (Å²) in [5.41, 5.74) is 1.26. The molecule has 3 rings (SSSR count). The number of rotatable bonds is 3. The van der Waals surface area contributed by atoms with E-state index in [1.807, 2.05) is 0 Å². The van der Waals surface area contributed by atoms with Crippen LogP contribution in [-0.2, 0) is 6.42 Å². The Balaban J connectivity index is 2.04. The van der Waals surface area contributed by atoms with Gasteiger partial charge in [0.15, 0.2) is 5.65 Å². The summed E-state index contributed by atoms with van der Waals surface area (Å²) in [7, 11) is 0. The Morgan fingerprint density at radius 2 is 2.10 bits per heavy atom. The van der Waals surface area contributed by atoms with Crippen LogP contribution in [0.5, 0.6) is 0 Å². The molecular weight excluding hydrogens is 261 g/mol. The molecule has 0 saturated carbocycles. The molecule has 3 aromatic rings. The van der Waals surface area contributed by atoms with E-state index in [-0.39, 0.29) is 17.8 Å². The second-order valence-electron chi connectivity index (χ2n) is 4.31. The van der Waals surface area contributed by atoms with Crippen LogP contribution in [0.15, 0.2) is 36.5 Å². The lowest BCUT2D eigenvalue weighted by Gasteiger charge is -1.99. The Morgan fingerprint density at radius 3 is 2.85 bits per heavy atom. The standard InChI is InChI=1S/C14H10FN3O2/c15-10-4-2-1-3-8(10)7-11-17-12-9(14(19)20)5-6-16-13(12)18-11/h1-6H,7H2,(H,19,20)(H,16,17,18). The molecule has 0 atom stereocenters. The molecule has 1 aromatic carbocycles. The van der Waals surface area contributed by atoms with Crippen LogP contribution in [0.4, 0.5) is 4.39 Å². The smallest absolute Gasteiger partial charge is 0.338 e. The lowest BCUT2D eigenvalue weighted by Crippen LogP contribution is -1.98.